The summed E-state index contributed by atoms with van der Waals surface area (Å²) in [5, 5.41) is 0. The van der Waals surface area contributed by atoms with Gasteiger partial charge in [-0.05, 0) is 33.4 Å². The van der Waals surface area contributed by atoms with E-state index in [1.807, 2.05) is 0 Å². The van der Waals surface area contributed by atoms with Crippen LogP contribution < -0.4 is 0 Å². The lowest BCUT2D eigenvalue weighted by molar-refractivity contribution is 0.00729. The Bertz CT molecular complexity index is 197. The molecule has 0 saturated carbocycles. The van der Waals surface area contributed by atoms with Crippen LogP contribution in [0.3, 0.4) is 0 Å². The molecule has 2 heterocycles. The molecule has 4 heteroatoms. The lowest BCUT2D eigenvalue weighted by Gasteiger charge is -2.32. The summed E-state index contributed by atoms with van der Waals surface area (Å²) in [6.45, 7) is 9.44. The average molecular weight is 255 g/mol. The van der Waals surface area contributed by atoms with E-state index in [0.717, 1.165) is 6.61 Å². The molecule has 0 spiro atoms. The van der Waals surface area contributed by atoms with Crippen LogP contribution in [0.4, 0.5) is 0 Å². The van der Waals surface area contributed by atoms with Crippen molar-refractivity contribution in [1.82, 2.24) is 14.7 Å². The Morgan fingerprint density at radius 2 is 1.50 bits per heavy atom. The van der Waals surface area contributed by atoms with Crippen LogP contribution in [0.25, 0.3) is 0 Å². The van der Waals surface area contributed by atoms with Gasteiger partial charge in [-0.25, -0.2) is 0 Å². The molecule has 18 heavy (non-hydrogen) atoms. The van der Waals surface area contributed by atoms with Crippen molar-refractivity contribution in [2.45, 2.75) is 25.4 Å². The zero-order valence-corrected chi connectivity index (χ0v) is 12.1. The smallest absolute Gasteiger partial charge is 0.0599 e. The molecule has 2 saturated heterocycles. The first-order chi connectivity index (χ1) is 8.74. The van der Waals surface area contributed by atoms with Gasteiger partial charge < -0.3 is 19.4 Å². The standard InChI is InChI=1S/C14H29N3O/c1-15-7-4-14(5-8-15)18-13-3-6-17-11-9-16(2)10-12-17/h14H,3-13H2,1-2H3. The molecule has 4 nitrogen and oxygen atoms in total. The molecule has 2 aliphatic heterocycles. The van der Waals surface area contributed by atoms with Crippen LogP contribution in [0.15, 0.2) is 0 Å². The number of hydrogen-bond donors (Lipinski definition) is 0. The summed E-state index contributed by atoms with van der Waals surface area (Å²) in [7, 11) is 4.41. The van der Waals surface area contributed by atoms with E-state index < -0.39 is 0 Å². The zero-order valence-electron chi connectivity index (χ0n) is 12.1. The van der Waals surface area contributed by atoms with Crippen LogP contribution in [0.2, 0.25) is 0 Å². The molecule has 0 amide bonds. The van der Waals surface area contributed by atoms with Gasteiger partial charge in [-0.2, -0.15) is 0 Å². The summed E-state index contributed by atoms with van der Waals surface area (Å²) in [5.41, 5.74) is 0. The Morgan fingerprint density at radius 3 is 2.17 bits per heavy atom. The normalized spacial score (nSPS) is 25.7. The van der Waals surface area contributed by atoms with Crippen molar-refractivity contribution in [3.05, 3.63) is 0 Å². The lowest BCUT2D eigenvalue weighted by atomic mass is 10.1. The van der Waals surface area contributed by atoms with E-state index in [9.17, 15) is 0 Å². The Morgan fingerprint density at radius 1 is 0.889 bits per heavy atom. The highest BCUT2D eigenvalue weighted by Crippen LogP contribution is 2.12. The van der Waals surface area contributed by atoms with Crippen LogP contribution in [0.5, 0.6) is 0 Å². The van der Waals surface area contributed by atoms with E-state index in [-0.39, 0.29) is 0 Å². The molecule has 0 atom stereocenters. The maximum Gasteiger partial charge on any atom is 0.0599 e. The van der Waals surface area contributed by atoms with E-state index in [0.29, 0.717) is 6.10 Å². The highest BCUT2D eigenvalue weighted by molar-refractivity contribution is 4.71. The Labute approximate surface area is 112 Å². The largest absolute Gasteiger partial charge is 0.378 e. The van der Waals surface area contributed by atoms with Crippen LogP contribution in [0.1, 0.15) is 19.3 Å². The summed E-state index contributed by atoms with van der Waals surface area (Å²) >= 11 is 0. The van der Waals surface area contributed by atoms with Crippen molar-refractivity contribution in [2.75, 3.05) is 66.5 Å². The fourth-order valence-corrected chi connectivity index (χ4v) is 2.76. The van der Waals surface area contributed by atoms with Crippen molar-refractivity contribution in [3.8, 4) is 0 Å². The van der Waals surface area contributed by atoms with E-state index in [4.69, 9.17) is 4.74 Å². The molecule has 0 bridgehead atoms. The molecule has 0 aromatic rings. The molecular formula is C14H29N3O. The third-order valence-electron chi connectivity index (χ3n) is 4.23. The van der Waals surface area contributed by atoms with Gasteiger partial charge in [0.25, 0.3) is 0 Å². The van der Waals surface area contributed by atoms with Crippen LogP contribution in [-0.4, -0.2) is 87.3 Å². The molecule has 0 aromatic heterocycles. The first kappa shape index (κ1) is 14.3. The highest BCUT2D eigenvalue weighted by Gasteiger charge is 2.17. The van der Waals surface area contributed by atoms with E-state index in [1.165, 1.54) is 65.1 Å². The average Bonchev–Trinajstić information content (AvgIpc) is 2.39. The minimum Gasteiger partial charge on any atom is -0.378 e. The zero-order chi connectivity index (χ0) is 12.8. The van der Waals surface area contributed by atoms with Crippen molar-refractivity contribution in [2.24, 2.45) is 0 Å². The van der Waals surface area contributed by atoms with Gasteiger partial charge in [0.15, 0.2) is 0 Å². The van der Waals surface area contributed by atoms with Gasteiger partial charge in [-0.3, -0.25) is 0 Å². The molecule has 0 unspecified atom stereocenters. The van der Waals surface area contributed by atoms with Gasteiger partial charge in [0.2, 0.25) is 0 Å². The Balaban J connectivity index is 1.48. The van der Waals surface area contributed by atoms with Gasteiger partial charge in [0.05, 0.1) is 6.10 Å². The molecular weight excluding hydrogens is 226 g/mol. The summed E-state index contributed by atoms with van der Waals surface area (Å²) < 4.78 is 5.98. The number of piperidine rings is 1. The first-order valence-electron chi connectivity index (χ1n) is 7.45. The molecule has 2 aliphatic rings. The van der Waals surface area contributed by atoms with Crippen molar-refractivity contribution in [1.29, 1.82) is 0 Å². The van der Waals surface area contributed by atoms with E-state index >= 15 is 0 Å². The van der Waals surface area contributed by atoms with Crippen molar-refractivity contribution < 1.29 is 4.74 Å². The topological polar surface area (TPSA) is 19.0 Å². The van der Waals surface area contributed by atoms with Gasteiger partial charge in [-0.15, -0.1) is 0 Å². The number of ether oxygens (including phenoxy) is 1. The minimum absolute atomic E-state index is 0.522. The van der Waals surface area contributed by atoms with Crippen molar-refractivity contribution in [3.63, 3.8) is 0 Å². The first-order valence-corrected chi connectivity index (χ1v) is 7.45. The SMILES string of the molecule is CN1CCC(OCCCN2CCN(C)CC2)CC1. The number of likely N-dealkylation sites (tertiary alicyclic amines) is 1. The van der Waals surface area contributed by atoms with Crippen molar-refractivity contribution >= 4 is 0 Å². The lowest BCUT2D eigenvalue weighted by Crippen LogP contribution is -2.44. The number of nitrogens with zero attached hydrogens (tertiary/aromatic N) is 3. The second-order valence-electron chi connectivity index (χ2n) is 5.87. The molecule has 2 rings (SSSR count). The Hall–Kier alpha value is -0.160. The maximum atomic E-state index is 5.98. The molecule has 0 aromatic carbocycles. The quantitative estimate of drug-likeness (QED) is 0.674. The third kappa shape index (κ3) is 4.84. The van der Waals surface area contributed by atoms with Gasteiger partial charge in [-0.1, -0.05) is 0 Å². The number of hydrogen-bond acceptors (Lipinski definition) is 4. The second-order valence-corrected chi connectivity index (χ2v) is 5.87. The second kappa shape index (κ2) is 7.43. The van der Waals surface area contributed by atoms with E-state index in [1.54, 1.807) is 0 Å². The predicted molar refractivity (Wildman–Crippen MR) is 75.0 cm³/mol. The molecule has 2 fully saturated rings. The fraction of sp³-hybridized carbons (Fsp3) is 1.00. The van der Waals surface area contributed by atoms with Gasteiger partial charge >= 0.3 is 0 Å². The summed E-state index contributed by atoms with van der Waals surface area (Å²) in [5.74, 6) is 0. The predicted octanol–water partition coefficient (Wildman–Crippen LogP) is 0.735. The highest BCUT2D eigenvalue weighted by atomic mass is 16.5. The number of likely N-dealkylation sites (N-methyl/N-ethyl adjacent to an activating group) is 1. The third-order valence-corrected chi connectivity index (χ3v) is 4.23. The van der Waals surface area contributed by atoms with Crippen LogP contribution >= 0.6 is 0 Å². The van der Waals surface area contributed by atoms with Gasteiger partial charge in [0, 0.05) is 52.4 Å². The van der Waals surface area contributed by atoms with E-state index in [2.05, 4.69) is 28.8 Å². The monoisotopic (exact) mass is 255 g/mol. The molecule has 0 radical (unpaired) electrons. The Kier molecular flexibility index (Phi) is 5.89. The molecule has 106 valence electrons. The number of piperazine rings is 1. The molecule has 0 N–H and O–H groups in total. The summed E-state index contributed by atoms with van der Waals surface area (Å²) in [4.78, 5) is 7.37. The summed E-state index contributed by atoms with van der Waals surface area (Å²) in [6, 6.07) is 0. The van der Waals surface area contributed by atoms with Crippen LogP contribution in [0, 0.1) is 0 Å². The minimum atomic E-state index is 0.522. The fourth-order valence-electron chi connectivity index (χ4n) is 2.76. The van der Waals surface area contributed by atoms with Gasteiger partial charge in [0.1, 0.15) is 0 Å². The number of rotatable bonds is 5. The summed E-state index contributed by atoms with van der Waals surface area (Å²) in [6.07, 6.45) is 4.14. The molecule has 0 aliphatic carbocycles. The van der Waals surface area contributed by atoms with Crippen LogP contribution in [-0.2, 0) is 4.74 Å². The maximum absolute atomic E-state index is 5.98.